The number of carbonyl (C=O) groups excluding carboxylic acids is 2. The maximum Gasteiger partial charge on any atom is 0.407 e. The molecular weight excluding hydrogens is 320 g/mol. The predicted octanol–water partition coefficient (Wildman–Crippen LogP) is 3.72. The van der Waals surface area contributed by atoms with Gasteiger partial charge in [-0.25, -0.2) is 4.79 Å². The zero-order valence-corrected chi connectivity index (χ0v) is 15.4. The van der Waals surface area contributed by atoms with Crippen molar-refractivity contribution >= 4 is 17.7 Å². The number of amides is 2. The van der Waals surface area contributed by atoms with Crippen LogP contribution in [0.25, 0.3) is 0 Å². The van der Waals surface area contributed by atoms with E-state index in [9.17, 15) is 9.59 Å². The molecule has 0 radical (unpaired) electrons. The average Bonchev–Trinajstić information content (AvgIpc) is 2.54. The number of benzene rings is 1. The number of rotatable bonds is 4. The standard InChI is InChI=1S/C19H28N2O4/c1-19(2,3)25-18(23)21-15-7-5-6-13(12-15)17(22)20-14-8-10-16(24-4)11-9-14/h8-11,13,15H,5-7,12H2,1-4H3,(H,20,22)(H,21,23). The summed E-state index contributed by atoms with van der Waals surface area (Å²) in [5.41, 5.74) is 0.220. The van der Waals surface area contributed by atoms with E-state index in [1.54, 1.807) is 7.11 Å². The van der Waals surface area contributed by atoms with Crippen LogP contribution in [-0.2, 0) is 9.53 Å². The van der Waals surface area contributed by atoms with E-state index in [1.807, 2.05) is 45.0 Å². The second-order valence-corrected chi connectivity index (χ2v) is 7.42. The van der Waals surface area contributed by atoms with Crippen molar-refractivity contribution in [3.05, 3.63) is 24.3 Å². The average molecular weight is 348 g/mol. The van der Waals surface area contributed by atoms with Crippen LogP contribution in [0.15, 0.2) is 24.3 Å². The summed E-state index contributed by atoms with van der Waals surface area (Å²) in [5, 5.41) is 5.82. The highest BCUT2D eigenvalue weighted by Gasteiger charge is 2.29. The van der Waals surface area contributed by atoms with Gasteiger partial charge in [-0.3, -0.25) is 4.79 Å². The van der Waals surface area contributed by atoms with E-state index in [-0.39, 0.29) is 17.9 Å². The summed E-state index contributed by atoms with van der Waals surface area (Å²) in [6.07, 6.45) is 2.80. The molecular formula is C19H28N2O4. The Kier molecular flexibility index (Phi) is 6.28. The van der Waals surface area contributed by atoms with Gasteiger partial charge in [-0.05, 0) is 64.3 Å². The number of ether oxygens (including phenoxy) is 2. The van der Waals surface area contributed by atoms with E-state index < -0.39 is 11.7 Å². The van der Waals surface area contributed by atoms with Crippen molar-refractivity contribution in [2.45, 2.75) is 58.1 Å². The Morgan fingerprint density at radius 1 is 1.12 bits per heavy atom. The topological polar surface area (TPSA) is 76.7 Å². The number of alkyl carbamates (subject to hydrolysis) is 1. The first-order valence-corrected chi connectivity index (χ1v) is 8.71. The van der Waals surface area contributed by atoms with E-state index in [0.717, 1.165) is 30.7 Å². The van der Waals surface area contributed by atoms with Gasteiger partial charge in [0.2, 0.25) is 5.91 Å². The van der Waals surface area contributed by atoms with Crippen molar-refractivity contribution in [1.82, 2.24) is 5.32 Å². The molecule has 0 aliphatic heterocycles. The van der Waals surface area contributed by atoms with Crippen LogP contribution in [0, 0.1) is 5.92 Å². The smallest absolute Gasteiger partial charge is 0.407 e. The van der Waals surface area contributed by atoms with Crippen LogP contribution in [0.5, 0.6) is 5.75 Å². The molecule has 0 aromatic heterocycles. The Hall–Kier alpha value is -2.24. The van der Waals surface area contributed by atoms with Gasteiger partial charge in [0.15, 0.2) is 0 Å². The molecule has 1 aliphatic rings. The molecule has 1 fully saturated rings. The molecule has 2 unspecified atom stereocenters. The minimum atomic E-state index is -0.524. The lowest BCUT2D eigenvalue weighted by Gasteiger charge is -2.30. The molecule has 0 saturated heterocycles. The summed E-state index contributed by atoms with van der Waals surface area (Å²) in [7, 11) is 1.60. The molecule has 0 spiro atoms. The van der Waals surface area contributed by atoms with Gasteiger partial charge in [-0.1, -0.05) is 6.42 Å². The highest BCUT2D eigenvalue weighted by atomic mass is 16.6. The highest BCUT2D eigenvalue weighted by molar-refractivity contribution is 5.92. The quantitative estimate of drug-likeness (QED) is 0.869. The Bertz CT molecular complexity index is 592. The third kappa shape index (κ3) is 6.29. The molecule has 0 heterocycles. The predicted molar refractivity (Wildman–Crippen MR) is 96.7 cm³/mol. The fourth-order valence-electron chi connectivity index (χ4n) is 2.95. The molecule has 2 N–H and O–H groups in total. The number of methoxy groups -OCH3 is 1. The molecule has 1 aliphatic carbocycles. The fraction of sp³-hybridized carbons (Fsp3) is 0.579. The normalized spacial score (nSPS) is 20.5. The Balaban J connectivity index is 1.86. The maximum atomic E-state index is 12.5. The van der Waals surface area contributed by atoms with Gasteiger partial charge in [0.1, 0.15) is 11.4 Å². The maximum absolute atomic E-state index is 12.5. The molecule has 2 atom stereocenters. The van der Waals surface area contributed by atoms with Crippen LogP contribution in [0.2, 0.25) is 0 Å². The van der Waals surface area contributed by atoms with E-state index in [4.69, 9.17) is 9.47 Å². The molecule has 2 amide bonds. The van der Waals surface area contributed by atoms with Crippen molar-refractivity contribution in [2.24, 2.45) is 5.92 Å². The Morgan fingerprint density at radius 2 is 1.80 bits per heavy atom. The van der Waals surface area contributed by atoms with Gasteiger partial charge in [0, 0.05) is 17.6 Å². The minimum absolute atomic E-state index is 0.0131. The first kappa shape index (κ1) is 19.1. The number of hydrogen-bond acceptors (Lipinski definition) is 4. The van der Waals surface area contributed by atoms with Crippen molar-refractivity contribution < 1.29 is 19.1 Å². The van der Waals surface area contributed by atoms with E-state index in [1.165, 1.54) is 0 Å². The summed E-state index contributed by atoms with van der Waals surface area (Å²) < 4.78 is 10.4. The molecule has 6 nitrogen and oxygen atoms in total. The number of hydrogen-bond donors (Lipinski definition) is 2. The lowest BCUT2D eigenvalue weighted by Crippen LogP contribution is -2.43. The van der Waals surface area contributed by atoms with Crippen molar-refractivity contribution in [3.63, 3.8) is 0 Å². The second kappa shape index (κ2) is 8.23. The van der Waals surface area contributed by atoms with Gasteiger partial charge >= 0.3 is 6.09 Å². The van der Waals surface area contributed by atoms with Crippen molar-refractivity contribution in [2.75, 3.05) is 12.4 Å². The van der Waals surface area contributed by atoms with Crippen LogP contribution in [0.4, 0.5) is 10.5 Å². The molecule has 2 rings (SSSR count). The summed E-state index contributed by atoms with van der Waals surface area (Å²) >= 11 is 0. The lowest BCUT2D eigenvalue weighted by molar-refractivity contribution is -0.121. The SMILES string of the molecule is COc1ccc(NC(=O)C2CCCC(NC(=O)OC(C)(C)C)C2)cc1. The van der Waals surface area contributed by atoms with Gasteiger partial charge in [-0.2, -0.15) is 0 Å². The van der Waals surface area contributed by atoms with E-state index in [2.05, 4.69) is 10.6 Å². The summed E-state index contributed by atoms with van der Waals surface area (Å²) in [6.45, 7) is 5.50. The number of nitrogens with one attached hydrogen (secondary N) is 2. The van der Waals surface area contributed by atoms with Crippen molar-refractivity contribution in [3.8, 4) is 5.75 Å². The van der Waals surface area contributed by atoms with Crippen LogP contribution < -0.4 is 15.4 Å². The van der Waals surface area contributed by atoms with Crippen LogP contribution in [-0.4, -0.2) is 30.8 Å². The van der Waals surface area contributed by atoms with Crippen LogP contribution >= 0.6 is 0 Å². The van der Waals surface area contributed by atoms with Crippen LogP contribution in [0.1, 0.15) is 46.5 Å². The monoisotopic (exact) mass is 348 g/mol. The first-order valence-electron chi connectivity index (χ1n) is 8.71. The third-order valence-corrected chi connectivity index (χ3v) is 4.12. The Labute approximate surface area is 149 Å². The largest absolute Gasteiger partial charge is 0.497 e. The second-order valence-electron chi connectivity index (χ2n) is 7.42. The summed E-state index contributed by atoms with van der Waals surface area (Å²) in [5.74, 6) is 0.619. The molecule has 6 heteroatoms. The highest BCUT2D eigenvalue weighted by Crippen LogP contribution is 2.26. The van der Waals surface area contributed by atoms with Gasteiger partial charge in [0.05, 0.1) is 7.11 Å². The molecule has 1 aromatic rings. The number of carbonyl (C=O) groups is 2. The zero-order chi connectivity index (χ0) is 18.4. The molecule has 138 valence electrons. The van der Waals surface area contributed by atoms with Gasteiger partial charge in [0.25, 0.3) is 0 Å². The molecule has 25 heavy (non-hydrogen) atoms. The number of anilines is 1. The molecule has 1 aromatic carbocycles. The van der Waals surface area contributed by atoms with Gasteiger partial charge < -0.3 is 20.1 Å². The van der Waals surface area contributed by atoms with E-state index >= 15 is 0 Å². The summed E-state index contributed by atoms with van der Waals surface area (Å²) in [6, 6.07) is 7.22. The molecule has 1 saturated carbocycles. The lowest BCUT2D eigenvalue weighted by atomic mass is 9.85. The van der Waals surface area contributed by atoms with Crippen LogP contribution in [0.3, 0.4) is 0 Å². The summed E-state index contributed by atoms with van der Waals surface area (Å²) in [4.78, 5) is 24.4. The van der Waals surface area contributed by atoms with Crippen molar-refractivity contribution in [1.29, 1.82) is 0 Å². The minimum Gasteiger partial charge on any atom is -0.497 e. The Morgan fingerprint density at radius 3 is 2.40 bits per heavy atom. The third-order valence-electron chi connectivity index (χ3n) is 4.12. The fourth-order valence-corrected chi connectivity index (χ4v) is 2.95. The van der Waals surface area contributed by atoms with Gasteiger partial charge in [-0.15, -0.1) is 0 Å². The van der Waals surface area contributed by atoms with E-state index in [0.29, 0.717) is 6.42 Å². The molecule has 0 bridgehead atoms. The first-order chi connectivity index (χ1) is 11.8. The zero-order valence-electron chi connectivity index (χ0n) is 15.4.